The molecule has 2 atom stereocenters. The highest BCUT2D eigenvalue weighted by Crippen LogP contribution is 2.39. The quantitative estimate of drug-likeness (QED) is 0.504. The first kappa shape index (κ1) is 15.0. The Labute approximate surface area is 93.1 Å². The third kappa shape index (κ3) is 5.22. The van der Waals surface area contributed by atoms with Gasteiger partial charge in [0.15, 0.2) is 0 Å². The van der Waals surface area contributed by atoms with Crippen LogP contribution in [0.25, 0.3) is 0 Å². The van der Waals surface area contributed by atoms with Crippen LogP contribution in [0.4, 0.5) is 0 Å². The van der Waals surface area contributed by atoms with Crippen LogP contribution in [0.2, 0.25) is 0 Å². The zero-order valence-corrected chi connectivity index (χ0v) is 10.0. The Bertz CT molecular complexity index is 319. The monoisotopic (exact) mass is 253 g/mol. The average molecular weight is 253 g/mol. The Balaban J connectivity index is 4.26. The number of rotatable bonds is 5. The van der Waals surface area contributed by atoms with Gasteiger partial charge in [-0.3, -0.25) is 4.79 Å². The van der Waals surface area contributed by atoms with Crippen LogP contribution in [0.5, 0.6) is 0 Å². The van der Waals surface area contributed by atoms with Crippen molar-refractivity contribution in [2.24, 2.45) is 11.5 Å². The molecule has 0 fully saturated rings. The molecule has 94 valence electrons. The van der Waals surface area contributed by atoms with Gasteiger partial charge in [0.1, 0.15) is 12.8 Å². The summed E-state index contributed by atoms with van der Waals surface area (Å²) < 4.78 is 15.1. The fourth-order valence-electron chi connectivity index (χ4n) is 0.844. The number of hydrogen-bond donors (Lipinski definition) is 3. The summed E-state index contributed by atoms with van der Waals surface area (Å²) in [5.41, 5.74) is 10.2. The van der Waals surface area contributed by atoms with Crippen LogP contribution < -0.4 is 11.5 Å². The van der Waals surface area contributed by atoms with Crippen LogP contribution in [0.1, 0.15) is 6.92 Å². The molecule has 0 rings (SSSR count). The van der Waals surface area contributed by atoms with Crippen molar-refractivity contribution in [3.63, 3.8) is 0 Å². The maximum Gasteiger partial charge on any atom is 0.392 e. The first-order valence-electron chi connectivity index (χ1n) is 4.44. The fraction of sp³-hybridized carbons (Fsp3) is 0.714. The van der Waals surface area contributed by atoms with Gasteiger partial charge in [0, 0.05) is 7.05 Å². The molecule has 0 heterocycles. The molecular formula is C7H16N3O5P. The third-order valence-electron chi connectivity index (χ3n) is 1.61. The Morgan fingerprint density at radius 3 is 2.44 bits per heavy atom. The lowest BCUT2D eigenvalue weighted by molar-refractivity contribution is -0.142. The number of carbonyl (C=O) groups is 2. The normalized spacial score (nSPS) is 16.1. The molecule has 0 aliphatic rings. The van der Waals surface area contributed by atoms with Gasteiger partial charge in [-0.1, -0.05) is 0 Å². The van der Waals surface area contributed by atoms with E-state index in [-0.39, 0.29) is 0 Å². The number of nitrogens with zero attached hydrogens (tertiary/aromatic N) is 1. The fourth-order valence-corrected chi connectivity index (χ4v) is 1.29. The average Bonchev–Trinajstić information content (AvgIpc) is 2.15. The summed E-state index contributed by atoms with van der Waals surface area (Å²) in [6, 6.07) is -0.756. The van der Waals surface area contributed by atoms with Crippen molar-refractivity contribution in [3.8, 4) is 0 Å². The number of likely N-dealkylation sites (N-methyl/N-ethyl adjacent to an activating group) is 1. The summed E-state index contributed by atoms with van der Waals surface area (Å²) >= 11 is 0. The molecule has 0 aromatic heterocycles. The molecule has 1 unspecified atom stereocenters. The van der Waals surface area contributed by atoms with Gasteiger partial charge < -0.3 is 25.8 Å². The van der Waals surface area contributed by atoms with Crippen LogP contribution >= 0.6 is 7.60 Å². The lowest BCUT2D eigenvalue weighted by Crippen LogP contribution is -2.42. The van der Waals surface area contributed by atoms with Crippen molar-refractivity contribution >= 4 is 19.5 Å². The molecule has 16 heavy (non-hydrogen) atoms. The van der Waals surface area contributed by atoms with Gasteiger partial charge >= 0.3 is 13.6 Å². The Kier molecular flexibility index (Phi) is 5.60. The van der Waals surface area contributed by atoms with Crippen LogP contribution in [0.3, 0.4) is 0 Å². The summed E-state index contributed by atoms with van der Waals surface area (Å²) in [4.78, 5) is 32.3. The molecule has 0 saturated heterocycles. The van der Waals surface area contributed by atoms with Gasteiger partial charge in [-0.05, 0) is 6.92 Å². The molecule has 0 saturated carbocycles. The van der Waals surface area contributed by atoms with Crippen molar-refractivity contribution in [1.29, 1.82) is 0 Å². The molecule has 0 radical (unpaired) electrons. The van der Waals surface area contributed by atoms with Gasteiger partial charge in [0.25, 0.3) is 0 Å². The van der Waals surface area contributed by atoms with E-state index in [2.05, 4.69) is 4.52 Å². The minimum absolute atomic E-state index is 0.453. The zero-order valence-electron chi connectivity index (χ0n) is 9.12. The summed E-state index contributed by atoms with van der Waals surface area (Å²) in [5.74, 6) is -1.48. The second-order valence-corrected chi connectivity index (χ2v) is 5.09. The topological polar surface area (TPSA) is 136 Å². The van der Waals surface area contributed by atoms with Crippen molar-refractivity contribution < 1.29 is 23.6 Å². The predicted octanol–water partition coefficient (Wildman–Crippen LogP) is -1.56. The van der Waals surface area contributed by atoms with E-state index in [9.17, 15) is 14.2 Å². The summed E-state index contributed by atoms with van der Waals surface area (Å²) in [6.07, 6.45) is -0.663. The van der Waals surface area contributed by atoms with E-state index in [1.807, 2.05) is 0 Å². The molecule has 0 aliphatic heterocycles. The Morgan fingerprint density at radius 2 is 2.06 bits per heavy atom. The van der Waals surface area contributed by atoms with Crippen LogP contribution in [0.15, 0.2) is 0 Å². The highest BCUT2D eigenvalue weighted by atomic mass is 31.2. The molecule has 0 spiro atoms. The number of amides is 1. The number of nitrogens with two attached hydrogens (primary N) is 2. The molecule has 1 amide bonds. The van der Waals surface area contributed by atoms with E-state index in [1.54, 1.807) is 0 Å². The van der Waals surface area contributed by atoms with Gasteiger partial charge in [0.05, 0.1) is 6.04 Å². The minimum Gasteiger partial charge on any atom is -0.390 e. The maximum atomic E-state index is 11.3. The minimum atomic E-state index is -4.08. The van der Waals surface area contributed by atoms with E-state index in [0.29, 0.717) is 0 Å². The van der Waals surface area contributed by atoms with Crippen molar-refractivity contribution in [2.45, 2.75) is 13.0 Å². The van der Waals surface area contributed by atoms with Gasteiger partial charge in [-0.15, -0.1) is 0 Å². The molecular weight excluding hydrogens is 237 g/mol. The molecule has 0 aliphatic carbocycles. The smallest absolute Gasteiger partial charge is 0.390 e. The van der Waals surface area contributed by atoms with Crippen molar-refractivity contribution in [2.75, 3.05) is 19.9 Å². The highest BCUT2D eigenvalue weighted by Gasteiger charge is 2.24. The molecule has 0 aromatic carbocycles. The second kappa shape index (κ2) is 5.95. The molecule has 0 bridgehead atoms. The molecule has 0 aromatic rings. The SMILES string of the molecule is C[C@H](N)C(=O)N(C)CC(=O)OP(=O)(O)CN. The number of carbonyl (C=O) groups excluding carboxylic acids is 2. The lowest BCUT2D eigenvalue weighted by Gasteiger charge is -2.18. The standard InChI is InChI=1S/C7H16N3O5P/c1-5(9)7(12)10(2)3-6(11)15-16(13,14)4-8/h5H,3-4,8-9H2,1-2H3,(H,13,14)/t5-/m0/s1. The van der Waals surface area contributed by atoms with E-state index in [0.717, 1.165) is 4.90 Å². The van der Waals surface area contributed by atoms with Gasteiger partial charge in [-0.25, -0.2) is 9.36 Å². The first-order chi connectivity index (χ1) is 7.19. The van der Waals surface area contributed by atoms with Crippen molar-refractivity contribution in [1.82, 2.24) is 4.90 Å². The second-order valence-electron chi connectivity index (χ2n) is 3.27. The van der Waals surface area contributed by atoms with Crippen LogP contribution in [-0.2, 0) is 18.7 Å². The largest absolute Gasteiger partial charge is 0.392 e. The third-order valence-corrected chi connectivity index (χ3v) is 2.56. The number of hydrogen-bond acceptors (Lipinski definition) is 6. The Morgan fingerprint density at radius 1 is 1.56 bits per heavy atom. The van der Waals surface area contributed by atoms with E-state index in [4.69, 9.17) is 16.4 Å². The zero-order chi connectivity index (χ0) is 12.9. The maximum absolute atomic E-state index is 11.3. The predicted molar refractivity (Wildman–Crippen MR) is 56.3 cm³/mol. The van der Waals surface area contributed by atoms with Crippen LogP contribution in [0, 0.1) is 0 Å². The van der Waals surface area contributed by atoms with Crippen molar-refractivity contribution in [3.05, 3.63) is 0 Å². The van der Waals surface area contributed by atoms with Gasteiger partial charge in [-0.2, -0.15) is 0 Å². The van der Waals surface area contributed by atoms with E-state index < -0.39 is 38.3 Å². The van der Waals surface area contributed by atoms with E-state index >= 15 is 0 Å². The van der Waals surface area contributed by atoms with Gasteiger partial charge in [0.2, 0.25) is 5.91 Å². The lowest BCUT2D eigenvalue weighted by atomic mass is 10.3. The highest BCUT2D eigenvalue weighted by molar-refractivity contribution is 7.53. The summed E-state index contributed by atoms with van der Waals surface area (Å²) in [7, 11) is -2.75. The molecule has 8 nitrogen and oxygen atoms in total. The molecule has 5 N–H and O–H groups in total. The van der Waals surface area contributed by atoms with Crippen LogP contribution in [-0.4, -0.2) is 47.6 Å². The summed E-state index contributed by atoms with van der Waals surface area (Å²) in [5, 5.41) is 0. The summed E-state index contributed by atoms with van der Waals surface area (Å²) in [6.45, 7) is 1.01. The first-order valence-corrected chi connectivity index (χ1v) is 6.20. The Hall–Kier alpha value is -0.950. The van der Waals surface area contributed by atoms with E-state index in [1.165, 1.54) is 14.0 Å². The molecule has 9 heteroatoms.